The summed E-state index contributed by atoms with van der Waals surface area (Å²) in [5, 5.41) is 12.7. The molecule has 0 aliphatic carbocycles. The van der Waals surface area contributed by atoms with Crippen molar-refractivity contribution in [2.45, 2.75) is 27.2 Å². The second-order valence-electron chi connectivity index (χ2n) is 6.33. The quantitative estimate of drug-likeness (QED) is 0.917. The van der Waals surface area contributed by atoms with Crippen LogP contribution in [0.5, 0.6) is 0 Å². The van der Waals surface area contributed by atoms with Gasteiger partial charge in [-0.15, -0.1) is 11.3 Å². The van der Waals surface area contributed by atoms with Gasteiger partial charge >= 0.3 is 0 Å². The van der Waals surface area contributed by atoms with E-state index in [1.54, 1.807) is 4.90 Å². The third kappa shape index (κ3) is 3.28. The van der Waals surface area contributed by atoms with Crippen molar-refractivity contribution >= 4 is 33.8 Å². The van der Waals surface area contributed by atoms with E-state index in [9.17, 15) is 14.9 Å². The zero-order chi connectivity index (χ0) is 18.1. The van der Waals surface area contributed by atoms with Gasteiger partial charge < -0.3 is 10.2 Å². The number of aryl methyl sites for hydroxylation is 2. The Labute approximate surface area is 150 Å². The van der Waals surface area contributed by atoms with Gasteiger partial charge in [-0.3, -0.25) is 9.59 Å². The molecule has 5 nitrogen and oxygen atoms in total. The maximum atomic E-state index is 12.6. The number of hydrogen-bond donors (Lipinski definition) is 1. The molecule has 1 aromatic carbocycles. The standard InChI is InChI=1S/C19H19N3O2S/c1-11-5-4-6-15(7-11)22-10-14(8-17(22)23)18(24)21-19-16(9-20)12(2)13(3)25-19/h4-7,14H,8,10H2,1-3H3,(H,21,24). The highest BCUT2D eigenvalue weighted by Crippen LogP contribution is 2.33. The minimum Gasteiger partial charge on any atom is -0.316 e. The second-order valence-corrected chi connectivity index (χ2v) is 7.56. The third-order valence-electron chi connectivity index (χ3n) is 4.54. The SMILES string of the molecule is Cc1cccc(N2CC(C(=O)Nc3sc(C)c(C)c3C#N)CC2=O)c1. The Morgan fingerprint density at radius 2 is 2.12 bits per heavy atom. The Morgan fingerprint density at radius 3 is 2.80 bits per heavy atom. The van der Waals surface area contributed by atoms with Crippen LogP contribution in [0, 0.1) is 38.0 Å². The van der Waals surface area contributed by atoms with E-state index in [1.807, 2.05) is 45.0 Å². The van der Waals surface area contributed by atoms with E-state index < -0.39 is 5.92 Å². The molecule has 1 N–H and O–H groups in total. The largest absolute Gasteiger partial charge is 0.316 e. The van der Waals surface area contributed by atoms with Crippen LogP contribution in [0.1, 0.15) is 28.0 Å². The minimum atomic E-state index is -0.415. The minimum absolute atomic E-state index is 0.0511. The first-order valence-electron chi connectivity index (χ1n) is 8.08. The number of rotatable bonds is 3. The first kappa shape index (κ1) is 17.2. The van der Waals surface area contributed by atoms with E-state index in [0.717, 1.165) is 21.7 Å². The van der Waals surface area contributed by atoms with E-state index in [4.69, 9.17) is 0 Å². The summed E-state index contributed by atoms with van der Waals surface area (Å²) in [6, 6.07) is 9.85. The highest BCUT2D eigenvalue weighted by Gasteiger charge is 2.35. The van der Waals surface area contributed by atoms with Gasteiger partial charge in [-0.25, -0.2) is 0 Å². The van der Waals surface area contributed by atoms with Crippen LogP contribution in [-0.2, 0) is 9.59 Å². The van der Waals surface area contributed by atoms with Crippen LogP contribution in [0.4, 0.5) is 10.7 Å². The molecule has 6 heteroatoms. The zero-order valence-corrected chi connectivity index (χ0v) is 15.2. The lowest BCUT2D eigenvalue weighted by Crippen LogP contribution is -2.28. The van der Waals surface area contributed by atoms with Crippen molar-refractivity contribution in [3.05, 3.63) is 45.8 Å². The summed E-state index contributed by atoms with van der Waals surface area (Å²) in [6.45, 7) is 6.13. The maximum Gasteiger partial charge on any atom is 0.230 e. The number of carbonyl (C=O) groups is 2. The molecule has 25 heavy (non-hydrogen) atoms. The topological polar surface area (TPSA) is 73.2 Å². The van der Waals surface area contributed by atoms with E-state index in [-0.39, 0.29) is 18.2 Å². The Hall–Kier alpha value is -2.65. The summed E-state index contributed by atoms with van der Waals surface area (Å²) in [5.74, 6) is -0.673. The molecule has 0 radical (unpaired) electrons. The molecule has 1 fully saturated rings. The molecular weight excluding hydrogens is 334 g/mol. The van der Waals surface area contributed by atoms with Crippen molar-refractivity contribution < 1.29 is 9.59 Å². The fourth-order valence-corrected chi connectivity index (χ4v) is 4.01. The third-order valence-corrected chi connectivity index (χ3v) is 5.67. The van der Waals surface area contributed by atoms with Crippen molar-refractivity contribution in [3.63, 3.8) is 0 Å². The predicted octanol–water partition coefficient (Wildman–Crippen LogP) is 3.54. The van der Waals surface area contributed by atoms with Crippen LogP contribution < -0.4 is 10.2 Å². The molecule has 1 aromatic heterocycles. The molecule has 1 atom stereocenters. The first-order valence-corrected chi connectivity index (χ1v) is 8.90. The van der Waals surface area contributed by atoms with Gasteiger partial charge in [0.05, 0.1) is 11.5 Å². The molecule has 3 rings (SSSR count). The molecule has 1 aliphatic heterocycles. The number of nitrogens with zero attached hydrogens (tertiary/aromatic N) is 2. The van der Waals surface area contributed by atoms with E-state index in [2.05, 4.69) is 11.4 Å². The highest BCUT2D eigenvalue weighted by molar-refractivity contribution is 7.16. The molecule has 128 valence electrons. The maximum absolute atomic E-state index is 12.6. The van der Waals surface area contributed by atoms with Gasteiger partial charge in [0.1, 0.15) is 11.1 Å². The molecule has 2 amide bonds. The lowest BCUT2D eigenvalue weighted by molar-refractivity contribution is -0.122. The number of nitrogens with one attached hydrogen (secondary N) is 1. The van der Waals surface area contributed by atoms with Crippen LogP contribution in [0.15, 0.2) is 24.3 Å². The van der Waals surface area contributed by atoms with Crippen molar-refractivity contribution in [1.29, 1.82) is 5.26 Å². The number of hydrogen-bond acceptors (Lipinski definition) is 4. The summed E-state index contributed by atoms with van der Waals surface area (Å²) < 4.78 is 0. The van der Waals surface area contributed by atoms with E-state index >= 15 is 0 Å². The predicted molar refractivity (Wildman–Crippen MR) is 98.8 cm³/mol. The average molecular weight is 353 g/mol. The van der Waals surface area contributed by atoms with Crippen molar-refractivity contribution in [1.82, 2.24) is 0 Å². The molecule has 0 bridgehead atoms. The number of carbonyl (C=O) groups excluding carboxylic acids is 2. The average Bonchev–Trinajstić information content (AvgIpc) is 3.08. The van der Waals surface area contributed by atoms with Crippen molar-refractivity contribution in [2.24, 2.45) is 5.92 Å². The fraction of sp³-hybridized carbons (Fsp3) is 0.316. The molecule has 1 aliphatic rings. The summed E-state index contributed by atoms with van der Waals surface area (Å²) in [6.07, 6.45) is 0.186. The molecule has 2 heterocycles. The fourth-order valence-electron chi connectivity index (χ4n) is 2.99. The van der Waals surface area contributed by atoms with Crippen molar-refractivity contribution in [3.8, 4) is 6.07 Å². The highest BCUT2D eigenvalue weighted by atomic mass is 32.1. The van der Waals surface area contributed by atoms with E-state index in [1.165, 1.54) is 11.3 Å². The van der Waals surface area contributed by atoms with E-state index in [0.29, 0.717) is 17.1 Å². The Balaban J connectivity index is 1.76. The monoisotopic (exact) mass is 353 g/mol. The summed E-state index contributed by atoms with van der Waals surface area (Å²) in [7, 11) is 0. The van der Waals surface area contributed by atoms with Crippen LogP contribution in [-0.4, -0.2) is 18.4 Å². The molecule has 1 saturated heterocycles. The van der Waals surface area contributed by atoms with Crippen LogP contribution in [0.25, 0.3) is 0 Å². The molecule has 0 spiro atoms. The summed E-state index contributed by atoms with van der Waals surface area (Å²) in [5.41, 5.74) is 3.30. The number of thiophene rings is 1. The van der Waals surface area contributed by atoms with Gasteiger partial charge in [0, 0.05) is 23.5 Å². The first-order chi connectivity index (χ1) is 11.9. The smallest absolute Gasteiger partial charge is 0.230 e. The molecule has 1 unspecified atom stereocenters. The Kier molecular flexibility index (Phi) is 4.60. The number of amides is 2. The van der Waals surface area contributed by atoms with Gasteiger partial charge in [-0.05, 0) is 44.0 Å². The number of anilines is 2. The lowest BCUT2D eigenvalue weighted by Gasteiger charge is -2.17. The van der Waals surface area contributed by atoms with Gasteiger partial charge in [0.25, 0.3) is 0 Å². The zero-order valence-electron chi connectivity index (χ0n) is 14.4. The van der Waals surface area contributed by atoms with Gasteiger partial charge in [-0.1, -0.05) is 12.1 Å². The lowest BCUT2D eigenvalue weighted by atomic mass is 10.1. The Morgan fingerprint density at radius 1 is 1.36 bits per heavy atom. The van der Waals surface area contributed by atoms with Gasteiger partial charge in [0.2, 0.25) is 11.8 Å². The van der Waals surface area contributed by atoms with Gasteiger partial charge in [0.15, 0.2) is 0 Å². The normalized spacial score (nSPS) is 16.8. The summed E-state index contributed by atoms with van der Waals surface area (Å²) >= 11 is 1.40. The molecule has 0 saturated carbocycles. The van der Waals surface area contributed by atoms with Crippen molar-refractivity contribution in [2.75, 3.05) is 16.8 Å². The number of nitriles is 1. The second kappa shape index (κ2) is 6.69. The molecule has 2 aromatic rings. The number of benzene rings is 1. The van der Waals surface area contributed by atoms with Crippen LogP contribution in [0.3, 0.4) is 0 Å². The van der Waals surface area contributed by atoms with Crippen LogP contribution in [0.2, 0.25) is 0 Å². The summed E-state index contributed by atoms with van der Waals surface area (Å²) in [4.78, 5) is 27.6. The molecular formula is C19H19N3O2S. The Bertz CT molecular complexity index is 895. The van der Waals surface area contributed by atoms with Crippen LogP contribution >= 0.6 is 11.3 Å². The van der Waals surface area contributed by atoms with Gasteiger partial charge in [-0.2, -0.15) is 5.26 Å².